The van der Waals surface area contributed by atoms with E-state index in [1.807, 2.05) is 19.9 Å². The Morgan fingerprint density at radius 2 is 1.93 bits per heavy atom. The number of nitrogens with one attached hydrogen (secondary N) is 2. The minimum atomic E-state index is -0.740. The van der Waals surface area contributed by atoms with Gasteiger partial charge in [-0.25, -0.2) is 4.79 Å². The minimum Gasteiger partial charge on any atom is -0.410 e. The number of carbonyl (C=O) groups is 3. The molecule has 0 aliphatic carbocycles. The maximum Gasteiger partial charge on any atom is 0.420 e. The minimum absolute atomic E-state index is 0.154. The lowest BCUT2D eigenvalue weighted by Crippen LogP contribution is -2.54. The molecule has 2 aromatic carbocycles. The van der Waals surface area contributed by atoms with Crippen LogP contribution in [0.2, 0.25) is 0 Å². The van der Waals surface area contributed by atoms with Gasteiger partial charge in [0.05, 0.1) is 11.4 Å². The molecule has 0 saturated heterocycles. The van der Waals surface area contributed by atoms with Crippen molar-refractivity contribution < 1.29 is 19.1 Å². The first kappa shape index (κ1) is 20.3. The number of anilines is 2. The van der Waals surface area contributed by atoms with Crippen LogP contribution < -0.4 is 26.0 Å². The van der Waals surface area contributed by atoms with Crippen molar-refractivity contribution in [3.05, 3.63) is 54.1 Å². The van der Waals surface area contributed by atoms with E-state index in [1.165, 1.54) is 4.90 Å². The molecule has 1 aliphatic rings. The lowest BCUT2D eigenvalue weighted by molar-refractivity contribution is -0.118. The summed E-state index contributed by atoms with van der Waals surface area (Å²) in [5, 5.41) is 5.48. The highest BCUT2D eigenvalue weighted by atomic mass is 16.6. The van der Waals surface area contributed by atoms with Crippen molar-refractivity contribution >= 4 is 29.3 Å². The van der Waals surface area contributed by atoms with Crippen LogP contribution in [0.5, 0.6) is 5.75 Å². The van der Waals surface area contributed by atoms with E-state index < -0.39 is 12.1 Å². The van der Waals surface area contributed by atoms with Gasteiger partial charge in [0.1, 0.15) is 11.8 Å². The van der Waals surface area contributed by atoms with Crippen molar-refractivity contribution in [1.82, 2.24) is 5.32 Å². The highest BCUT2D eigenvalue weighted by Crippen LogP contribution is 2.35. The van der Waals surface area contributed by atoms with Crippen molar-refractivity contribution in [2.75, 3.05) is 23.3 Å². The number of rotatable bonds is 5. The van der Waals surface area contributed by atoms with E-state index in [0.29, 0.717) is 35.8 Å². The summed E-state index contributed by atoms with van der Waals surface area (Å²) in [5.74, 6) is -0.418. The van der Waals surface area contributed by atoms with E-state index in [4.69, 9.17) is 10.5 Å². The lowest BCUT2D eigenvalue weighted by Gasteiger charge is -2.37. The van der Waals surface area contributed by atoms with E-state index in [0.717, 1.165) is 0 Å². The lowest BCUT2D eigenvalue weighted by atomic mass is 9.97. The summed E-state index contributed by atoms with van der Waals surface area (Å²) in [6.45, 7) is 4.37. The molecule has 1 aliphatic heterocycles. The molecule has 1 atom stereocenters. The SMILES string of the molecule is CC(C)C1C(=O)Nc2cc(C(=O)NCCN)ccc2N1C(=O)Oc1ccccc1. The van der Waals surface area contributed by atoms with Crippen LogP contribution in [-0.2, 0) is 4.79 Å². The molecule has 0 spiro atoms. The van der Waals surface area contributed by atoms with Crippen LogP contribution in [0.4, 0.5) is 16.2 Å². The molecule has 3 amide bonds. The fraction of sp³-hybridized carbons (Fsp3) is 0.286. The molecule has 1 unspecified atom stereocenters. The normalized spacial score (nSPS) is 15.5. The number of para-hydroxylation sites is 1. The molecule has 0 aromatic heterocycles. The average molecular weight is 396 g/mol. The van der Waals surface area contributed by atoms with Gasteiger partial charge in [-0.05, 0) is 36.2 Å². The number of fused-ring (bicyclic) bond motifs is 1. The van der Waals surface area contributed by atoms with Crippen molar-refractivity contribution in [2.24, 2.45) is 11.7 Å². The maximum absolute atomic E-state index is 13.0. The van der Waals surface area contributed by atoms with E-state index >= 15 is 0 Å². The molecular formula is C21H24N4O4. The van der Waals surface area contributed by atoms with E-state index in [9.17, 15) is 14.4 Å². The van der Waals surface area contributed by atoms with Gasteiger partial charge in [-0.3, -0.25) is 14.5 Å². The fourth-order valence-electron chi connectivity index (χ4n) is 3.20. The van der Waals surface area contributed by atoms with E-state index in [-0.39, 0.29) is 17.7 Å². The molecule has 0 fully saturated rings. The zero-order valence-corrected chi connectivity index (χ0v) is 16.3. The predicted molar refractivity (Wildman–Crippen MR) is 110 cm³/mol. The number of hydrogen-bond donors (Lipinski definition) is 3. The van der Waals surface area contributed by atoms with Gasteiger partial charge in [-0.15, -0.1) is 0 Å². The first-order valence-corrected chi connectivity index (χ1v) is 9.41. The summed E-state index contributed by atoms with van der Waals surface area (Å²) >= 11 is 0. The van der Waals surface area contributed by atoms with Crippen LogP contribution in [0.3, 0.4) is 0 Å². The predicted octanol–water partition coefficient (Wildman–Crippen LogP) is 2.36. The Kier molecular flexibility index (Phi) is 6.13. The zero-order chi connectivity index (χ0) is 21.0. The van der Waals surface area contributed by atoms with Crippen LogP contribution in [0, 0.1) is 5.92 Å². The Labute approximate surface area is 169 Å². The van der Waals surface area contributed by atoms with E-state index in [1.54, 1.807) is 42.5 Å². The first-order chi connectivity index (χ1) is 13.9. The van der Waals surface area contributed by atoms with Crippen LogP contribution in [-0.4, -0.2) is 37.0 Å². The van der Waals surface area contributed by atoms with Gasteiger partial charge < -0.3 is 21.1 Å². The second kappa shape index (κ2) is 8.74. The third-order valence-electron chi connectivity index (χ3n) is 4.53. The molecule has 3 rings (SSSR count). The van der Waals surface area contributed by atoms with Gasteiger partial charge in [-0.2, -0.15) is 0 Å². The molecule has 4 N–H and O–H groups in total. The average Bonchev–Trinajstić information content (AvgIpc) is 2.70. The second-order valence-corrected chi connectivity index (χ2v) is 7.01. The third kappa shape index (κ3) is 4.38. The molecular weight excluding hydrogens is 372 g/mol. The summed E-state index contributed by atoms with van der Waals surface area (Å²) in [7, 11) is 0. The van der Waals surface area contributed by atoms with Crippen LogP contribution in [0.25, 0.3) is 0 Å². The molecule has 0 bridgehead atoms. The van der Waals surface area contributed by atoms with Crippen molar-refractivity contribution in [3.63, 3.8) is 0 Å². The van der Waals surface area contributed by atoms with Gasteiger partial charge in [0.15, 0.2) is 0 Å². The van der Waals surface area contributed by atoms with Crippen molar-refractivity contribution in [1.29, 1.82) is 0 Å². The smallest absolute Gasteiger partial charge is 0.410 e. The van der Waals surface area contributed by atoms with Crippen LogP contribution >= 0.6 is 0 Å². The Morgan fingerprint density at radius 1 is 1.21 bits per heavy atom. The van der Waals surface area contributed by atoms with Gasteiger partial charge in [0.2, 0.25) is 5.91 Å². The highest BCUT2D eigenvalue weighted by Gasteiger charge is 2.40. The topological polar surface area (TPSA) is 114 Å². The summed E-state index contributed by atoms with van der Waals surface area (Å²) in [5.41, 5.74) is 6.62. The Balaban J connectivity index is 1.96. The quantitative estimate of drug-likeness (QED) is 0.718. The first-order valence-electron chi connectivity index (χ1n) is 9.41. The van der Waals surface area contributed by atoms with Crippen LogP contribution in [0.1, 0.15) is 24.2 Å². The number of carbonyl (C=O) groups excluding carboxylic acids is 3. The van der Waals surface area contributed by atoms with Gasteiger partial charge in [0.25, 0.3) is 5.91 Å². The van der Waals surface area contributed by atoms with E-state index in [2.05, 4.69) is 10.6 Å². The fourth-order valence-corrected chi connectivity index (χ4v) is 3.20. The summed E-state index contributed by atoms with van der Waals surface area (Å²) in [6.07, 6.45) is -0.661. The van der Waals surface area contributed by atoms with Crippen molar-refractivity contribution in [2.45, 2.75) is 19.9 Å². The number of hydrogen-bond acceptors (Lipinski definition) is 5. The zero-order valence-electron chi connectivity index (χ0n) is 16.3. The summed E-state index contributed by atoms with van der Waals surface area (Å²) in [4.78, 5) is 39.3. The van der Waals surface area contributed by atoms with Gasteiger partial charge in [0, 0.05) is 18.7 Å². The van der Waals surface area contributed by atoms with Crippen molar-refractivity contribution in [3.8, 4) is 5.75 Å². The molecule has 0 radical (unpaired) electrons. The largest absolute Gasteiger partial charge is 0.420 e. The number of amides is 3. The summed E-state index contributed by atoms with van der Waals surface area (Å²) in [6, 6.07) is 12.7. The number of ether oxygens (including phenoxy) is 1. The highest BCUT2D eigenvalue weighted by molar-refractivity contribution is 6.12. The molecule has 8 heteroatoms. The Bertz CT molecular complexity index is 914. The number of benzene rings is 2. The molecule has 152 valence electrons. The molecule has 8 nitrogen and oxygen atoms in total. The Morgan fingerprint density at radius 3 is 2.59 bits per heavy atom. The number of nitrogens with two attached hydrogens (primary N) is 1. The van der Waals surface area contributed by atoms with Crippen LogP contribution in [0.15, 0.2) is 48.5 Å². The standard InChI is InChI=1S/C21H24N4O4/c1-13(2)18-20(27)24-16-12-14(19(26)23-11-10-22)8-9-17(16)25(18)21(28)29-15-6-4-3-5-7-15/h3-9,12-13,18H,10-11,22H2,1-2H3,(H,23,26)(H,24,27). The monoisotopic (exact) mass is 396 g/mol. The van der Waals surface area contributed by atoms with Gasteiger partial charge >= 0.3 is 6.09 Å². The molecule has 2 aromatic rings. The summed E-state index contributed by atoms with van der Waals surface area (Å²) < 4.78 is 5.48. The maximum atomic E-state index is 13.0. The molecule has 0 saturated carbocycles. The third-order valence-corrected chi connectivity index (χ3v) is 4.53. The molecule has 29 heavy (non-hydrogen) atoms. The number of nitrogens with zero attached hydrogens (tertiary/aromatic N) is 1. The Hall–Kier alpha value is -3.39. The second-order valence-electron chi connectivity index (χ2n) is 7.01. The molecule has 1 heterocycles. The van der Waals surface area contributed by atoms with Gasteiger partial charge in [-0.1, -0.05) is 32.0 Å².